The van der Waals surface area contributed by atoms with E-state index in [1.54, 1.807) is 11.3 Å². The smallest absolute Gasteiger partial charge is 0.230 e. The number of H-pyrrole nitrogens is 1. The predicted molar refractivity (Wildman–Crippen MR) is 121 cm³/mol. The minimum Gasteiger partial charge on any atom is -0.340 e. The summed E-state index contributed by atoms with van der Waals surface area (Å²) < 4.78 is 3.61. The van der Waals surface area contributed by atoms with E-state index in [2.05, 4.69) is 43.2 Å². The zero-order chi connectivity index (χ0) is 20.2. The van der Waals surface area contributed by atoms with Gasteiger partial charge in [-0.2, -0.15) is 5.10 Å². The molecule has 0 aliphatic carbocycles. The average Bonchev–Trinajstić information content (AvgIpc) is 3.29. The molecule has 1 amide bonds. The Morgan fingerprint density at radius 2 is 1.86 bits per heavy atom. The van der Waals surface area contributed by atoms with Gasteiger partial charge in [0.2, 0.25) is 5.91 Å². The van der Waals surface area contributed by atoms with E-state index in [9.17, 15) is 4.79 Å². The molecule has 0 saturated carbocycles. The molecular formula is C20H22BrN5OS2. The van der Waals surface area contributed by atoms with Gasteiger partial charge in [0.15, 0.2) is 4.77 Å². The quantitative estimate of drug-likeness (QED) is 0.534. The van der Waals surface area contributed by atoms with Gasteiger partial charge in [-0.1, -0.05) is 30.3 Å². The number of carbonyl (C=O) groups excluding carboxylic acids is 1. The van der Waals surface area contributed by atoms with Crippen molar-refractivity contribution in [3.05, 3.63) is 67.3 Å². The summed E-state index contributed by atoms with van der Waals surface area (Å²) in [6, 6.07) is 14.3. The number of thiophene rings is 1. The minimum absolute atomic E-state index is 0.104. The number of carbonyl (C=O) groups is 1. The fraction of sp³-hybridized carbons (Fsp3) is 0.350. The molecule has 9 heteroatoms. The van der Waals surface area contributed by atoms with Crippen molar-refractivity contribution in [2.45, 2.75) is 19.5 Å². The van der Waals surface area contributed by atoms with Gasteiger partial charge in [-0.05, 0) is 45.8 Å². The van der Waals surface area contributed by atoms with Crippen molar-refractivity contribution in [1.29, 1.82) is 0 Å². The summed E-state index contributed by atoms with van der Waals surface area (Å²) in [5.74, 6) is 0.793. The van der Waals surface area contributed by atoms with E-state index < -0.39 is 0 Å². The zero-order valence-electron chi connectivity index (χ0n) is 15.9. The van der Waals surface area contributed by atoms with Crippen LogP contribution in [0.2, 0.25) is 0 Å². The molecular weight excluding hydrogens is 470 g/mol. The van der Waals surface area contributed by atoms with Crippen LogP contribution in [-0.2, 0) is 24.3 Å². The van der Waals surface area contributed by atoms with Gasteiger partial charge in [-0.25, -0.2) is 0 Å². The van der Waals surface area contributed by atoms with Gasteiger partial charge in [-0.3, -0.25) is 19.4 Å². The Morgan fingerprint density at radius 3 is 2.55 bits per heavy atom. The number of rotatable bonds is 6. The number of halogens is 1. The molecule has 0 radical (unpaired) electrons. The monoisotopic (exact) mass is 491 g/mol. The lowest BCUT2D eigenvalue weighted by Gasteiger charge is -2.34. The summed E-state index contributed by atoms with van der Waals surface area (Å²) in [5, 5.41) is 7.14. The van der Waals surface area contributed by atoms with E-state index in [-0.39, 0.29) is 12.3 Å². The van der Waals surface area contributed by atoms with Gasteiger partial charge in [0.1, 0.15) is 5.82 Å². The predicted octanol–water partition coefficient (Wildman–Crippen LogP) is 3.70. The Kier molecular flexibility index (Phi) is 6.59. The molecule has 152 valence electrons. The number of aromatic amines is 1. The van der Waals surface area contributed by atoms with E-state index in [4.69, 9.17) is 12.2 Å². The number of hydrogen-bond acceptors (Lipinski definition) is 5. The summed E-state index contributed by atoms with van der Waals surface area (Å²) in [4.78, 5) is 18.5. The molecule has 1 N–H and O–H groups in total. The molecule has 0 bridgehead atoms. The summed E-state index contributed by atoms with van der Waals surface area (Å²) >= 11 is 10.7. The van der Waals surface area contributed by atoms with E-state index in [1.165, 1.54) is 4.88 Å². The molecule has 2 aromatic heterocycles. The van der Waals surface area contributed by atoms with Crippen LogP contribution in [0.4, 0.5) is 0 Å². The molecule has 0 atom stereocenters. The van der Waals surface area contributed by atoms with Crippen LogP contribution in [0, 0.1) is 4.77 Å². The van der Waals surface area contributed by atoms with Crippen LogP contribution in [-0.4, -0.2) is 56.7 Å². The van der Waals surface area contributed by atoms with Crippen molar-refractivity contribution < 1.29 is 4.79 Å². The third-order valence-electron chi connectivity index (χ3n) is 5.06. The topological polar surface area (TPSA) is 57.2 Å². The molecule has 1 saturated heterocycles. The number of aromatic nitrogens is 3. The van der Waals surface area contributed by atoms with Crippen LogP contribution in [0.25, 0.3) is 0 Å². The Labute approximate surface area is 187 Å². The first-order valence-corrected chi connectivity index (χ1v) is 11.5. The van der Waals surface area contributed by atoms with Gasteiger partial charge in [0.05, 0.1) is 16.8 Å². The maximum Gasteiger partial charge on any atom is 0.230 e. The minimum atomic E-state index is 0.104. The van der Waals surface area contributed by atoms with Crippen LogP contribution >= 0.6 is 39.5 Å². The van der Waals surface area contributed by atoms with Crippen LogP contribution in [0.5, 0.6) is 0 Å². The summed E-state index contributed by atoms with van der Waals surface area (Å²) in [7, 11) is 0. The highest BCUT2D eigenvalue weighted by Crippen LogP contribution is 2.23. The van der Waals surface area contributed by atoms with E-state index in [1.807, 2.05) is 39.8 Å². The molecule has 1 aliphatic heterocycles. The lowest BCUT2D eigenvalue weighted by molar-refractivity contribution is -0.132. The molecule has 1 aromatic carbocycles. The fourth-order valence-corrected chi connectivity index (χ4v) is 5.22. The molecule has 3 heterocycles. The van der Waals surface area contributed by atoms with E-state index >= 15 is 0 Å². The molecule has 0 unspecified atom stereocenters. The lowest BCUT2D eigenvalue weighted by atomic mass is 10.2. The number of nitrogens with zero attached hydrogens (tertiary/aromatic N) is 4. The zero-order valence-corrected chi connectivity index (χ0v) is 19.1. The highest BCUT2D eigenvalue weighted by molar-refractivity contribution is 9.11. The van der Waals surface area contributed by atoms with Gasteiger partial charge in [0.25, 0.3) is 0 Å². The van der Waals surface area contributed by atoms with E-state index in [0.717, 1.165) is 42.1 Å². The normalized spacial score (nSPS) is 15.0. The van der Waals surface area contributed by atoms with Gasteiger partial charge in [-0.15, -0.1) is 11.3 Å². The standard InChI is InChI=1S/C20H22BrN5OS2/c21-17-7-6-16(29-17)14-24-8-10-25(11-9-24)19(27)12-18-22-23-20(28)26(18)13-15-4-2-1-3-5-15/h1-7H,8-14H2,(H,23,28). The van der Waals surface area contributed by atoms with Crippen molar-refractivity contribution in [2.24, 2.45) is 0 Å². The second-order valence-corrected chi connectivity index (χ2v) is 9.99. The van der Waals surface area contributed by atoms with Gasteiger partial charge >= 0.3 is 0 Å². The first-order chi connectivity index (χ1) is 14.1. The van der Waals surface area contributed by atoms with Gasteiger partial charge in [0, 0.05) is 37.6 Å². The van der Waals surface area contributed by atoms with Crippen molar-refractivity contribution in [3.63, 3.8) is 0 Å². The second kappa shape index (κ2) is 9.34. The Balaban J connectivity index is 1.34. The SMILES string of the molecule is O=C(Cc1n[nH]c(=S)n1Cc1ccccc1)N1CCN(Cc2ccc(Br)s2)CC1. The summed E-state index contributed by atoms with van der Waals surface area (Å²) in [6.45, 7) is 4.82. The molecule has 29 heavy (non-hydrogen) atoms. The first-order valence-electron chi connectivity index (χ1n) is 9.51. The van der Waals surface area contributed by atoms with Gasteiger partial charge < -0.3 is 4.90 Å². The second-order valence-electron chi connectivity index (χ2n) is 7.06. The van der Waals surface area contributed by atoms with Crippen molar-refractivity contribution in [1.82, 2.24) is 24.6 Å². The van der Waals surface area contributed by atoms with Crippen molar-refractivity contribution >= 4 is 45.4 Å². The lowest BCUT2D eigenvalue weighted by Crippen LogP contribution is -2.48. The summed E-state index contributed by atoms with van der Waals surface area (Å²) in [5.41, 5.74) is 1.13. The molecule has 3 aromatic rings. The Hall–Kier alpha value is -1.81. The van der Waals surface area contributed by atoms with Crippen LogP contribution in [0.3, 0.4) is 0 Å². The van der Waals surface area contributed by atoms with Crippen LogP contribution in [0.1, 0.15) is 16.3 Å². The van der Waals surface area contributed by atoms with Crippen LogP contribution in [0.15, 0.2) is 46.3 Å². The fourth-order valence-electron chi connectivity index (χ4n) is 3.47. The van der Waals surface area contributed by atoms with Crippen molar-refractivity contribution in [3.8, 4) is 0 Å². The molecule has 1 fully saturated rings. The van der Waals surface area contributed by atoms with E-state index in [0.29, 0.717) is 17.1 Å². The van der Waals surface area contributed by atoms with Crippen LogP contribution < -0.4 is 0 Å². The molecule has 1 aliphatic rings. The van der Waals surface area contributed by atoms with Crippen molar-refractivity contribution in [2.75, 3.05) is 26.2 Å². The summed E-state index contributed by atoms with van der Waals surface area (Å²) in [6.07, 6.45) is 0.262. The molecule has 4 rings (SSSR count). The number of hydrogen-bond donors (Lipinski definition) is 1. The highest BCUT2D eigenvalue weighted by Gasteiger charge is 2.23. The third-order valence-corrected chi connectivity index (χ3v) is 6.98. The average molecular weight is 492 g/mol. The molecule has 6 nitrogen and oxygen atoms in total. The number of piperazine rings is 1. The largest absolute Gasteiger partial charge is 0.340 e. The highest BCUT2D eigenvalue weighted by atomic mass is 79.9. The third kappa shape index (κ3) is 5.22. The Morgan fingerprint density at radius 1 is 1.10 bits per heavy atom. The number of nitrogens with one attached hydrogen (secondary N) is 1. The maximum atomic E-state index is 12.9. The number of amides is 1. The Bertz CT molecular complexity index is 1020. The maximum absolute atomic E-state index is 12.9. The molecule has 0 spiro atoms. The number of benzene rings is 1. The first kappa shape index (κ1) is 20.5.